The molecule has 4 heteroatoms. The normalized spacial score (nSPS) is 12.0. The molecule has 1 aromatic heterocycles. The Balaban J connectivity index is 0. The molecule has 0 spiro atoms. The maximum atomic E-state index is 5.04. The molecule has 1 aromatic rings. The fourth-order valence-electron chi connectivity index (χ4n) is 1.85. The smallest absolute Gasteiger partial charge is 0.467 e. The van der Waals surface area contributed by atoms with Gasteiger partial charge in [-0.15, -0.1) is 0 Å². The average Bonchev–Trinajstić information content (AvgIpc) is 2.31. The first-order valence-electron chi connectivity index (χ1n) is 5.71. The van der Waals surface area contributed by atoms with Crippen molar-refractivity contribution in [1.82, 2.24) is 9.97 Å². The molecular formula is C13H23CsN2O. The summed E-state index contributed by atoms with van der Waals surface area (Å²) >= 11 is 0. The molecule has 0 N–H and O–H groups in total. The van der Waals surface area contributed by atoms with Gasteiger partial charge in [0.1, 0.15) is 0 Å². The molecule has 1 heterocycles. The zero-order chi connectivity index (χ0) is 11.3. The Kier molecular flexibility index (Phi) is 12.9. The molecule has 0 bridgehead atoms. The van der Waals surface area contributed by atoms with E-state index in [9.17, 15) is 0 Å². The van der Waals surface area contributed by atoms with Crippen LogP contribution in [0.1, 0.15) is 43.6 Å². The van der Waals surface area contributed by atoms with Gasteiger partial charge in [-0.05, 0) is 38.2 Å². The van der Waals surface area contributed by atoms with E-state index in [-0.39, 0.29) is 76.3 Å². The molecule has 0 atom stereocenters. The second kappa shape index (κ2) is 10.8. The number of fused-ring (bicyclic) bond motifs is 1. The van der Waals surface area contributed by atoms with Crippen molar-refractivity contribution >= 4 is 0 Å². The van der Waals surface area contributed by atoms with E-state index in [2.05, 4.69) is 9.97 Å². The van der Waals surface area contributed by atoms with Gasteiger partial charge in [-0.2, -0.15) is 4.98 Å². The molecule has 0 aliphatic heterocycles. The summed E-state index contributed by atoms with van der Waals surface area (Å²) in [5, 5.41) is 0. The summed E-state index contributed by atoms with van der Waals surface area (Å²) in [5.41, 5.74) is 3.62. The third-order valence-electron chi connectivity index (χ3n) is 2.55. The molecule has 2 rings (SSSR count). The van der Waals surface area contributed by atoms with Crippen LogP contribution in [0.2, 0.25) is 0 Å². The van der Waals surface area contributed by atoms with Crippen molar-refractivity contribution in [2.75, 3.05) is 7.11 Å². The molecule has 17 heavy (non-hydrogen) atoms. The van der Waals surface area contributed by atoms with Gasteiger partial charge in [-0.3, -0.25) is 0 Å². The third-order valence-corrected chi connectivity index (χ3v) is 2.55. The average molecular weight is 356 g/mol. The Morgan fingerprint density at radius 2 is 1.65 bits per heavy atom. The predicted octanol–water partition coefficient (Wildman–Crippen LogP) is 0.153. The zero-order valence-electron chi connectivity index (χ0n) is 12.1. The molecule has 0 radical (unpaired) electrons. The fourth-order valence-corrected chi connectivity index (χ4v) is 1.85. The number of aromatic nitrogens is 2. The van der Waals surface area contributed by atoms with Gasteiger partial charge in [0.05, 0.1) is 12.8 Å². The third kappa shape index (κ3) is 5.61. The van der Waals surface area contributed by atoms with Crippen molar-refractivity contribution in [2.45, 2.75) is 46.5 Å². The van der Waals surface area contributed by atoms with Crippen molar-refractivity contribution in [1.29, 1.82) is 0 Å². The van der Waals surface area contributed by atoms with Crippen LogP contribution >= 0.6 is 0 Å². The van der Waals surface area contributed by atoms with Crippen LogP contribution in [-0.4, -0.2) is 17.1 Å². The second-order valence-electron chi connectivity index (χ2n) is 3.43. The van der Waals surface area contributed by atoms with E-state index in [0.29, 0.717) is 6.01 Å². The molecule has 0 saturated heterocycles. The summed E-state index contributed by atoms with van der Waals surface area (Å²) in [5.74, 6) is 0. The van der Waals surface area contributed by atoms with Crippen LogP contribution in [0.25, 0.3) is 0 Å². The van der Waals surface area contributed by atoms with Crippen molar-refractivity contribution in [3.63, 3.8) is 0 Å². The Morgan fingerprint density at radius 1 is 1.06 bits per heavy atom. The Hall–Kier alpha value is 0.932. The van der Waals surface area contributed by atoms with Gasteiger partial charge in [0.2, 0.25) is 0 Å². The van der Waals surface area contributed by atoms with Gasteiger partial charge < -0.3 is 12.2 Å². The van der Waals surface area contributed by atoms with Crippen LogP contribution in [0.5, 0.6) is 6.01 Å². The van der Waals surface area contributed by atoms with E-state index in [1.165, 1.54) is 24.1 Å². The Morgan fingerprint density at radius 3 is 2.24 bits per heavy atom. The zero-order valence-corrected chi connectivity index (χ0v) is 18.4. The van der Waals surface area contributed by atoms with Gasteiger partial charge in [0.15, 0.2) is 0 Å². The van der Waals surface area contributed by atoms with Gasteiger partial charge in [0, 0.05) is 5.69 Å². The number of hydrogen-bond donors (Lipinski definition) is 0. The molecule has 0 unspecified atom stereocenters. The summed E-state index contributed by atoms with van der Waals surface area (Å²) in [7, 11) is 1.62. The molecule has 0 saturated carbocycles. The fraction of sp³-hybridized carbons (Fsp3) is 0.615. The molecule has 1 aliphatic rings. The van der Waals surface area contributed by atoms with E-state index in [4.69, 9.17) is 4.74 Å². The van der Waals surface area contributed by atoms with E-state index >= 15 is 0 Å². The largest absolute Gasteiger partial charge is 1.00 e. The van der Waals surface area contributed by atoms with Crippen LogP contribution in [0, 0.1) is 14.4 Å². The first-order chi connectivity index (χ1) is 7.31. The van der Waals surface area contributed by atoms with Gasteiger partial charge in [-0.1, -0.05) is 13.8 Å². The number of rotatable bonds is 1. The molecule has 0 amide bonds. The number of ether oxygens (including phenoxy) is 1. The molecule has 1 aliphatic carbocycles. The van der Waals surface area contributed by atoms with Gasteiger partial charge >= 0.3 is 74.9 Å². The van der Waals surface area contributed by atoms with Crippen molar-refractivity contribution in [2.24, 2.45) is 0 Å². The molecule has 0 aromatic carbocycles. The monoisotopic (exact) mass is 356 g/mol. The van der Waals surface area contributed by atoms with Crippen LogP contribution < -0.4 is 73.6 Å². The van der Waals surface area contributed by atoms with Gasteiger partial charge in [0.25, 0.3) is 0 Å². The van der Waals surface area contributed by atoms with Gasteiger partial charge in [-0.25, -0.2) is 4.98 Å². The second-order valence-corrected chi connectivity index (χ2v) is 3.43. The minimum absolute atomic E-state index is 0. The maximum absolute atomic E-state index is 5.04. The molecule has 3 nitrogen and oxygen atoms in total. The number of hydrogen-bond acceptors (Lipinski definition) is 3. The summed E-state index contributed by atoms with van der Waals surface area (Å²) in [6.45, 7) is 6.04. The van der Waals surface area contributed by atoms with Crippen LogP contribution in [0.4, 0.5) is 0 Å². The molecule has 0 fully saturated rings. The topological polar surface area (TPSA) is 35.0 Å². The standard InChI is InChI=1S/C10H14N2O.C2H6.CH3.Cs/c1-7-8-5-3-4-6-9(8)12-10(11-7)13-2;1-2;;/h3-6H2,1-2H3;1-2H3;1H3;/q;;-1;+1. The van der Waals surface area contributed by atoms with Crippen molar-refractivity contribution < 1.29 is 73.6 Å². The van der Waals surface area contributed by atoms with Crippen molar-refractivity contribution in [3.8, 4) is 6.01 Å². The molecular weight excluding hydrogens is 333 g/mol. The Bertz CT molecular complexity index is 329. The first-order valence-corrected chi connectivity index (χ1v) is 5.71. The van der Waals surface area contributed by atoms with E-state index in [1.54, 1.807) is 7.11 Å². The SMILES string of the molecule is CC.COc1nc(C)c2c(n1)CCCC2.[CH3-].[Cs+]. The molecule has 92 valence electrons. The van der Waals surface area contributed by atoms with Crippen molar-refractivity contribution in [3.05, 3.63) is 24.4 Å². The number of methoxy groups -OCH3 is 1. The first kappa shape index (κ1) is 20.3. The van der Waals surface area contributed by atoms with E-state index < -0.39 is 0 Å². The Labute approximate surface area is 165 Å². The summed E-state index contributed by atoms with van der Waals surface area (Å²) in [4.78, 5) is 8.63. The van der Waals surface area contributed by atoms with E-state index in [0.717, 1.165) is 18.5 Å². The van der Waals surface area contributed by atoms with Crippen LogP contribution in [-0.2, 0) is 12.8 Å². The summed E-state index contributed by atoms with van der Waals surface area (Å²) in [6, 6.07) is 0.512. The summed E-state index contributed by atoms with van der Waals surface area (Å²) < 4.78 is 5.04. The minimum atomic E-state index is 0. The number of aryl methyl sites for hydroxylation is 2. The van der Waals surface area contributed by atoms with Crippen LogP contribution in [0.3, 0.4) is 0 Å². The minimum Gasteiger partial charge on any atom is -0.467 e. The van der Waals surface area contributed by atoms with E-state index in [1.807, 2.05) is 20.8 Å². The quantitative estimate of drug-likeness (QED) is 0.673. The maximum Gasteiger partial charge on any atom is 1.00 e. The predicted molar refractivity (Wildman–Crippen MR) is 67.7 cm³/mol. The summed E-state index contributed by atoms with van der Waals surface area (Å²) in [6.07, 6.45) is 4.72. The number of nitrogens with zero attached hydrogens (tertiary/aromatic N) is 2. The van der Waals surface area contributed by atoms with Crippen LogP contribution in [0.15, 0.2) is 0 Å².